The molecule has 1 atom stereocenters. The Labute approximate surface area is 122 Å². The second-order valence-electron chi connectivity index (χ2n) is 4.87. The molecule has 0 fully saturated rings. The molecule has 0 bridgehead atoms. The molecule has 18 heavy (non-hydrogen) atoms. The first-order chi connectivity index (χ1) is 8.38. The van der Waals surface area contributed by atoms with Crippen molar-refractivity contribution in [2.45, 2.75) is 31.9 Å². The van der Waals surface area contributed by atoms with Crippen LogP contribution in [0.25, 0.3) is 0 Å². The number of anilines is 1. The van der Waals surface area contributed by atoms with Crippen LogP contribution in [-0.2, 0) is 4.74 Å². The zero-order chi connectivity index (χ0) is 13.8. The summed E-state index contributed by atoms with van der Waals surface area (Å²) >= 11 is 9.43. The second kappa shape index (κ2) is 6.75. The molecule has 0 aliphatic heterocycles. The lowest BCUT2D eigenvalue weighted by Gasteiger charge is -2.29. The fourth-order valence-corrected chi connectivity index (χ4v) is 2.12. The quantitative estimate of drug-likeness (QED) is 0.834. The van der Waals surface area contributed by atoms with Gasteiger partial charge in [-0.25, -0.2) is 0 Å². The molecule has 0 aliphatic rings. The summed E-state index contributed by atoms with van der Waals surface area (Å²) in [5.74, 6) is 0. The summed E-state index contributed by atoms with van der Waals surface area (Å²) in [5, 5.41) is 4.06. The van der Waals surface area contributed by atoms with Crippen LogP contribution in [0.3, 0.4) is 0 Å². The van der Waals surface area contributed by atoms with Crippen LogP contribution < -0.4 is 11.1 Å². The Kier molecular flexibility index (Phi) is 5.92. The summed E-state index contributed by atoms with van der Waals surface area (Å²) in [6.07, 6.45) is 0.827. The molecule has 0 aliphatic carbocycles. The lowest BCUT2D eigenvalue weighted by molar-refractivity contribution is 0.0122. The predicted molar refractivity (Wildman–Crippen MR) is 81.3 cm³/mol. The summed E-state index contributed by atoms with van der Waals surface area (Å²) in [6, 6.07) is 5.92. The van der Waals surface area contributed by atoms with Crippen molar-refractivity contribution in [3.8, 4) is 0 Å². The minimum Gasteiger partial charge on any atom is -0.381 e. The molecule has 1 rings (SSSR count). The van der Waals surface area contributed by atoms with Crippen molar-refractivity contribution >= 4 is 33.2 Å². The summed E-state index contributed by atoms with van der Waals surface area (Å²) in [4.78, 5) is 0. The van der Waals surface area contributed by atoms with E-state index >= 15 is 0 Å². The van der Waals surface area contributed by atoms with Gasteiger partial charge in [0.25, 0.3) is 0 Å². The fraction of sp³-hybridized carbons (Fsp3) is 0.538. The number of rotatable bonds is 6. The summed E-state index contributed by atoms with van der Waals surface area (Å²) < 4.78 is 6.31. The number of ether oxygens (including phenoxy) is 1. The maximum absolute atomic E-state index is 6.06. The summed E-state index contributed by atoms with van der Waals surface area (Å²) in [7, 11) is 1.71. The van der Waals surface area contributed by atoms with Gasteiger partial charge in [-0.15, -0.1) is 0 Å². The molecule has 0 aromatic heterocycles. The molecule has 1 aromatic rings. The number of methoxy groups -OCH3 is 1. The van der Waals surface area contributed by atoms with Crippen LogP contribution >= 0.6 is 27.5 Å². The van der Waals surface area contributed by atoms with E-state index in [4.69, 9.17) is 22.1 Å². The molecule has 0 amide bonds. The van der Waals surface area contributed by atoms with Crippen LogP contribution in [0, 0.1) is 0 Å². The number of nitrogens with two attached hydrogens (primary N) is 1. The Hall–Kier alpha value is -0.290. The minimum atomic E-state index is -0.198. The highest BCUT2D eigenvalue weighted by molar-refractivity contribution is 9.10. The van der Waals surface area contributed by atoms with Crippen molar-refractivity contribution in [1.29, 1.82) is 0 Å². The molecule has 3 N–H and O–H groups in total. The van der Waals surface area contributed by atoms with Crippen LogP contribution in [0.2, 0.25) is 5.02 Å². The van der Waals surface area contributed by atoms with Gasteiger partial charge in [0, 0.05) is 29.9 Å². The van der Waals surface area contributed by atoms with E-state index in [1.54, 1.807) is 7.11 Å². The number of hydrogen-bond acceptors (Lipinski definition) is 3. The van der Waals surface area contributed by atoms with Crippen molar-refractivity contribution in [3.05, 3.63) is 27.7 Å². The van der Waals surface area contributed by atoms with Gasteiger partial charge in [-0.05, 0) is 54.4 Å². The van der Waals surface area contributed by atoms with Crippen LogP contribution in [0.15, 0.2) is 22.7 Å². The van der Waals surface area contributed by atoms with E-state index in [0.29, 0.717) is 11.6 Å². The Bertz CT molecular complexity index is 399. The molecule has 3 nitrogen and oxygen atoms in total. The van der Waals surface area contributed by atoms with Gasteiger partial charge in [0.15, 0.2) is 0 Å². The third-order valence-electron chi connectivity index (χ3n) is 2.87. The van der Waals surface area contributed by atoms with E-state index in [0.717, 1.165) is 16.6 Å². The molecule has 1 unspecified atom stereocenters. The Morgan fingerprint density at radius 3 is 2.67 bits per heavy atom. The molecule has 0 spiro atoms. The first-order valence-electron chi connectivity index (χ1n) is 5.85. The number of hydrogen-bond donors (Lipinski definition) is 2. The Morgan fingerprint density at radius 1 is 1.50 bits per heavy atom. The highest BCUT2D eigenvalue weighted by Crippen LogP contribution is 2.26. The fourth-order valence-electron chi connectivity index (χ4n) is 1.69. The van der Waals surface area contributed by atoms with Gasteiger partial charge >= 0.3 is 0 Å². The maximum atomic E-state index is 6.06. The smallest absolute Gasteiger partial charge is 0.0642 e. The average Bonchev–Trinajstić information content (AvgIpc) is 2.33. The highest BCUT2D eigenvalue weighted by Gasteiger charge is 2.22. The van der Waals surface area contributed by atoms with Gasteiger partial charge in [-0.1, -0.05) is 11.6 Å². The van der Waals surface area contributed by atoms with Gasteiger partial charge in [0.2, 0.25) is 0 Å². The Morgan fingerprint density at radius 2 is 2.17 bits per heavy atom. The zero-order valence-corrected chi connectivity index (χ0v) is 13.3. The molecule has 102 valence electrons. The Balaban J connectivity index is 2.71. The van der Waals surface area contributed by atoms with Gasteiger partial charge in [-0.2, -0.15) is 0 Å². The van der Waals surface area contributed by atoms with Crippen molar-refractivity contribution < 1.29 is 4.74 Å². The number of halogens is 2. The lowest BCUT2D eigenvalue weighted by atomic mass is 9.98. The molecule has 0 radical (unpaired) electrons. The molecular formula is C13H20BrClN2O. The van der Waals surface area contributed by atoms with Crippen LogP contribution in [0.4, 0.5) is 5.69 Å². The van der Waals surface area contributed by atoms with Crippen LogP contribution in [0.5, 0.6) is 0 Å². The summed E-state index contributed by atoms with van der Waals surface area (Å²) in [6.45, 7) is 4.64. The van der Waals surface area contributed by atoms with E-state index in [2.05, 4.69) is 21.2 Å². The van der Waals surface area contributed by atoms with E-state index in [-0.39, 0.29) is 11.6 Å². The third-order valence-corrected chi connectivity index (χ3v) is 4.10. The van der Waals surface area contributed by atoms with Gasteiger partial charge in [-0.3, -0.25) is 0 Å². The number of benzene rings is 1. The predicted octanol–water partition coefficient (Wildman–Crippen LogP) is 3.66. The SMILES string of the molecule is COC(C)(C)CC(CN)Nc1ccc(Br)c(Cl)c1. The van der Waals surface area contributed by atoms with Crippen LogP contribution in [-0.4, -0.2) is 25.3 Å². The van der Waals surface area contributed by atoms with Crippen molar-refractivity contribution in [3.63, 3.8) is 0 Å². The molecular weight excluding hydrogens is 316 g/mol. The normalized spacial score (nSPS) is 13.4. The van der Waals surface area contributed by atoms with E-state index in [1.165, 1.54) is 0 Å². The van der Waals surface area contributed by atoms with E-state index < -0.39 is 0 Å². The molecule has 0 heterocycles. The monoisotopic (exact) mass is 334 g/mol. The number of nitrogens with one attached hydrogen (secondary N) is 1. The van der Waals surface area contributed by atoms with Gasteiger partial charge in [0.1, 0.15) is 0 Å². The highest BCUT2D eigenvalue weighted by atomic mass is 79.9. The molecule has 0 saturated carbocycles. The van der Waals surface area contributed by atoms with E-state index in [1.807, 2.05) is 32.0 Å². The van der Waals surface area contributed by atoms with Crippen molar-refractivity contribution in [2.75, 3.05) is 19.0 Å². The van der Waals surface area contributed by atoms with Crippen molar-refractivity contribution in [2.24, 2.45) is 5.73 Å². The zero-order valence-electron chi connectivity index (χ0n) is 11.0. The maximum Gasteiger partial charge on any atom is 0.0642 e. The summed E-state index contributed by atoms with van der Waals surface area (Å²) in [5.41, 5.74) is 6.56. The second-order valence-corrected chi connectivity index (χ2v) is 6.14. The largest absolute Gasteiger partial charge is 0.381 e. The van der Waals surface area contributed by atoms with Gasteiger partial charge in [0.05, 0.1) is 10.6 Å². The molecule has 0 saturated heterocycles. The first-order valence-corrected chi connectivity index (χ1v) is 7.02. The molecule has 5 heteroatoms. The first kappa shape index (κ1) is 15.8. The molecule has 1 aromatic carbocycles. The van der Waals surface area contributed by atoms with Crippen molar-refractivity contribution in [1.82, 2.24) is 0 Å². The van der Waals surface area contributed by atoms with Crippen LogP contribution in [0.1, 0.15) is 20.3 Å². The minimum absolute atomic E-state index is 0.150. The van der Waals surface area contributed by atoms with Gasteiger partial charge < -0.3 is 15.8 Å². The lowest BCUT2D eigenvalue weighted by Crippen LogP contribution is -2.37. The standard InChI is InChI=1S/C13H20BrClN2O/c1-13(2,18-3)7-10(8-16)17-9-4-5-11(14)12(15)6-9/h4-6,10,17H,7-8,16H2,1-3H3. The topological polar surface area (TPSA) is 47.3 Å². The average molecular weight is 336 g/mol. The van der Waals surface area contributed by atoms with E-state index in [9.17, 15) is 0 Å². The third kappa shape index (κ3) is 4.76.